The highest BCUT2D eigenvalue weighted by atomic mass is 16.5. The molecule has 7 heteroatoms. The molecule has 0 unspecified atom stereocenters. The van der Waals surface area contributed by atoms with Crippen molar-refractivity contribution in [3.63, 3.8) is 0 Å². The van der Waals surface area contributed by atoms with Crippen molar-refractivity contribution in [1.29, 1.82) is 5.26 Å². The molecule has 0 radical (unpaired) electrons. The number of allylic oxidation sites excluding steroid dienone is 1. The molecule has 2 heterocycles. The Morgan fingerprint density at radius 1 is 1.21 bits per heavy atom. The molecule has 0 saturated carbocycles. The van der Waals surface area contributed by atoms with E-state index < -0.39 is 5.92 Å². The van der Waals surface area contributed by atoms with Crippen LogP contribution >= 0.6 is 0 Å². The first-order valence-corrected chi connectivity index (χ1v) is 9.09. The average molecular weight is 388 g/mol. The Labute approximate surface area is 168 Å². The van der Waals surface area contributed by atoms with Gasteiger partial charge in [0, 0.05) is 11.3 Å². The molecule has 0 amide bonds. The van der Waals surface area contributed by atoms with Crippen LogP contribution in [-0.4, -0.2) is 17.3 Å². The molecular formula is C22H20N4O3. The topological polar surface area (TPSA) is 106 Å². The molecule has 0 spiro atoms. The third-order valence-electron chi connectivity index (χ3n) is 4.89. The van der Waals surface area contributed by atoms with E-state index in [4.69, 9.17) is 19.9 Å². The number of hydrogen-bond acceptors (Lipinski definition) is 6. The van der Waals surface area contributed by atoms with Crippen molar-refractivity contribution in [3.8, 4) is 23.4 Å². The van der Waals surface area contributed by atoms with Gasteiger partial charge in [0.05, 0.1) is 13.0 Å². The molecule has 2 aromatic carbocycles. The van der Waals surface area contributed by atoms with Crippen LogP contribution in [0.3, 0.4) is 0 Å². The number of aryl methyl sites for hydroxylation is 1. The molecule has 1 aromatic heterocycles. The van der Waals surface area contributed by atoms with Crippen LogP contribution in [0.15, 0.2) is 60.0 Å². The predicted octanol–water partition coefficient (Wildman–Crippen LogP) is 3.52. The predicted molar refractivity (Wildman–Crippen MR) is 106 cm³/mol. The summed E-state index contributed by atoms with van der Waals surface area (Å²) in [7, 11) is 1.59. The smallest absolute Gasteiger partial charge is 0.244 e. The van der Waals surface area contributed by atoms with E-state index in [1.54, 1.807) is 7.11 Å². The highest BCUT2D eigenvalue weighted by Crippen LogP contribution is 2.44. The minimum absolute atomic E-state index is 0.0554. The molecule has 1 atom stereocenters. The zero-order valence-corrected chi connectivity index (χ0v) is 16.1. The molecule has 3 N–H and O–H groups in total. The SMILES string of the molecule is COc1cc([C@@H]2C(C#N)=C(N)Oc3n[nH]c(C)c32)ccc1OCc1ccccc1. The monoisotopic (exact) mass is 388 g/mol. The van der Waals surface area contributed by atoms with Crippen LogP contribution in [-0.2, 0) is 6.61 Å². The average Bonchev–Trinajstić information content (AvgIpc) is 3.12. The standard InChI is InChI=1S/C22H20N4O3/c1-13-19-20(16(11-23)21(24)29-22(19)26-25-13)15-8-9-17(18(10-15)27-2)28-12-14-6-4-3-5-7-14/h3-10,20H,12,24H2,1-2H3,(H,25,26)/t20-/m1/s1. The molecule has 1 aliphatic rings. The first kappa shape index (κ1) is 18.4. The van der Waals surface area contributed by atoms with Gasteiger partial charge < -0.3 is 19.9 Å². The molecule has 1 aliphatic heterocycles. The van der Waals surface area contributed by atoms with E-state index >= 15 is 0 Å². The number of rotatable bonds is 5. The summed E-state index contributed by atoms with van der Waals surface area (Å²) in [5.41, 5.74) is 9.81. The summed E-state index contributed by atoms with van der Waals surface area (Å²) in [5.74, 6) is 1.22. The van der Waals surface area contributed by atoms with E-state index in [2.05, 4.69) is 16.3 Å². The minimum atomic E-state index is -0.403. The van der Waals surface area contributed by atoms with Gasteiger partial charge in [-0.2, -0.15) is 5.26 Å². The van der Waals surface area contributed by atoms with E-state index in [-0.39, 0.29) is 5.88 Å². The fourth-order valence-corrected chi connectivity index (χ4v) is 3.45. The summed E-state index contributed by atoms with van der Waals surface area (Å²) in [6, 6.07) is 17.7. The lowest BCUT2D eigenvalue weighted by Gasteiger charge is -2.24. The Bertz CT molecular complexity index is 1110. The third kappa shape index (κ3) is 3.36. The zero-order chi connectivity index (χ0) is 20.4. The molecule has 146 valence electrons. The van der Waals surface area contributed by atoms with Gasteiger partial charge >= 0.3 is 0 Å². The Hall–Kier alpha value is -3.92. The van der Waals surface area contributed by atoms with Crippen molar-refractivity contribution in [2.75, 3.05) is 7.11 Å². The summed E-state index contributed by atoms with van der Waals surface area (Å²) in [5, 5.41) is 16.7. The summed E-state index contributed by atoms with van der Waals surface area (Å²) in [6.45, 7) is 2.31. The second-order valence-electron chi connectivity index (χ2n) is 6.68. The number of nitrogens with zero attached hydrogens (tertiary/aromatic N) is 2. The summed E-state index contributed by atoms with van der Waals surface area (Å²) in [4.78, 5) is 0. The molecule has 0 fully saturated rings. The zero-order valence-electron chi connectivity index (χ0n) is 16.1. The van der Waals surface area contributed by atoms with E-state index in [0.717, 1.165) is 22.4 Å². The molecular weight excluding hydrogens is 368 g/mol. The molecule has 4 rings (SSSR count). The highest BCUT2D eigenvalue weighted by molar-refractivity contribution is 5.57. The van der Waals surface area contributed by atoms with Gasteiger partial charge in [0.2, 0.25) is 11.8 Å². The van der Waals surface area contributed by atoms with Crippen LogP contribution in [0, 0.1) is 18.3 Å². The molecule has 0 bridgehead atoms. The molecule has 0 saturated heterocycles. The number of H-pyrrole nitrogens is 1. The van der Waals surface area contributed by atoms with Crippen molar-refractivity contribution in [3.05, 3.63) is 82.4 Å². The van der Waals surface area contributed by atoms with Crippen molar-refractivity contribution in [1.82, 2.24) is 10.2 Å². The highest BCUT2D eigenvalue weighted by Gasteiger charge is 2.34. The summed E-state index contributed by atoms with van der Waals surface area (Å²) in [6.07, 6.45) is 0. The Morgan fingerprint density at radius 2 is 2.00 bits per heavy atom. The van der Waals surface area contributed by atoms with E-state index in [0.29, 0.717) is 29.6 Å². The Morgan fingerprint density at radius 3 is 2.72 bits per heavy atom. The first-order valence-electron chi connectivity index (χ1n) is 9.09. The van der Waals surface area contributed by atoms with Crippen molar-refractivity contribution in [2.45, 2.75) is 19.4 Å². The van der Waals surface area contributed by atoms with Gasteiger partial charge in [0.1, 0.15) is 18.2 Å². The molecule has 7 nitrogen and oxygen atoms in total. The maximum atomic E-state index is 9.68. The number of aromatic amines is 1. The van der Waals surface area contributed by atoms with Crippen molar-refractivity contribution >= 4 is 0 Å². The van der Waals surface area contributed by atoms with Crippen molar-refractivity contribution < 1.29 is 14.2 Å². The van der Waals surface area contributed by atoms with E-state index in [1.165, 1.54) is 0 Å². The number of ether oxygens (including phenoxy) is 3. The maximum Gasteiger partial charge on any atom is 0.244 e. The third-order valence-corrected chi connectivity index (χ3v) is 4.89. The minimum Gasteiger partial charge on any atom is -0.493 e. The lowest BCUT2D eigenvalue weighted by Crippen LogP contribution is -2.21. The van der Waals surface area contributed by atoms with Gasteiger partial charge in [-0.15, -0.1) is 5.10 Å². The number of aromatic nitrogens is 2. The van der Waals surface area contributed by atoms with Crippen LogP contribution in [0.25, 0.3) is 0 Å². The van der Waals surface area contributed by atoms with E-state index in [1.807, 2.05) is 55.5 Å². The molecule has 29 heavy (non-hydrogen) atoms. The maximum absolute atomic E-state index is 9.68. The quantitative estimate of drug-likeness (QED) is 0.693. The van der Waals surface area contributed by atoms with Crippen molar-refractivity contribution in [2.24, 2.45) is 5.73 Å². The van der Waals surface area contributed by atoms with Gasteiger partial charge in [-0.25, -0.2) is 0 Å². The molecule has 3 aromatic rings. The fraction of sp³-hybridized carbons (Fsp3) is 0.182. The number of hydrogen-bond donors (Lipinski definition) is 2. The van der Waals surface area contributed by atoms with Gasteiger partial charge in [-0.1, -0.05) is 36.4 Å². The van der Waals surface area contributed by atoms with Gasteiger partial charge in [0.25, 0.3) is 0 Å². The van der Waals surface area contributed by atoms with Crippen LogP contribution in [0.4, 0.5) is 0 Å². The number of methoxy groups -OCH3 is 1. The second-order valence-corrected chi connectivity index (χ2v) is 6.68. The summed E-state index contributed by atoms with van der Waals surface area (Å²) < 4.78 is 17.0. The number of nitriles is 1. The largest absolute Gasteiger partial charge is 0.493 e. The van der Waals surface area contributed by atoms with Gasteiger partial charge in [-0.3, -0.25) is 5.10 Å². The lowest BCUT2D eigenvalue weighted by atomic mass is 9.84. The summed E-state index contributed by atoms with van der Waals surface area (Å²) >= 11 is 0. The Kier molecular flexibility index (Phi) is 4.83. The van der Waals surface area contributed by atoms with Gasteiger partial charge in [-0.05, 0) is 30.2 Å². The second kappa shape index (κ2) is 7.60. The number of benzene rings is 2. The lowest BCUT2D eigenvalue weighted by molar-refractivity contribution is 0.284. The van der Waals surface area contributed by atoms with E-state index in [9.17, 15) is 5.26 Å². The van der Waals surface area contributed by atoms with Gasteiger partial charge in [0.15, 0.2) is 11.5 Å². The van der Waals surface area contributed by atoms with Crippen LogP contribution in [0.2, 0.25) is 0 Å². The first-order chi connectivity index (χ1) is 14.1. The normalized spacial score (nSPS) is 15.3. The van der Waals surface area contributed by atoms with Crippen LogP contribution in [0.5, 0.6) is 17.4 Å². The number of fused-ring (bicyclic) bond motifs is 1. The molecule has 0 aliphatic carbocycles. The fourth-order valence-electron chi connectivity index (χ4n) is 3.45. The van der Waals surface area contributed by atoms with Crippen LogP contribution < -0.4 is 19.9 Å². The number of nitrogens with two attached hydrogens (primary N) is 1. The number of nitrogens with one attached hydrogen (secondary N) is 1. The van der Waals surface area contributed by atoms with Crippen LogP contribution in [0.1, 0.15) is 28.3 Å². The Balaban J connectivity index is 1.70.